The number of nitrogens with zero attached hydrogens (tertiary/aromatic N) is 6. The number of nitrogens with one attached hydrogen (secondary N) is 1. The zero-order valence-corrected chi connectivity index (χ0v) is 42.5. The Morgan fingerprint density at radius 1 is 0.946 bits per heavy atom. The van der Waals surface area contributed by atoms with Gasteiger partial charge in [0.05, 0.1) is 53.0 Å². The van der Waals surface area contributed by atoms with E-state index in [1.807, 2.05) is 0 Å². The number of phosphoric ester groups is 1. The van der Waals surface area contributed by atoms with Gasteiger partial charge >= 0.3 is 20.2 Å². The lowest BCUT2D eigenvalue weighted by Crippen LogP contribution is -2.36. The Kier molecular flexibility index (Phi) is 15.1. The zero-order valence-electron chi connectivity index (χ0n) is 39.2. The van der Waals surface area contributed by atoms with Crippen molar-refractivity contribution in [2.24, 2.45) is 5.92 Å². The number of hydrogen-bond acceptors (Lipinski definition) is 12. The molecular formula is C44H41ClF10N7O9PS2. The van der Waals surface area contributed by atoms with Crippen molar-refractivity contribution in [3.63, 3.8) is 0 Å². The van der Waals surface area contributed by atoms with Gasteiger partial charge in [-0.05, 0) is 62.1 Å². The molecule has 0 saturated carbocycles. The minimum atomic E-state index is -5.26. The van der Waals surface area contributed by atoms with Crippen LogP contribution in [0.4, 0.5) is 49.7 Å². The molecule has 3 atom stereocenters. The van der Waals surface area contributed by atoms with E-state index < -0.39 is 163 Å². The van der Waals surface area contributed by atoms with Gasteiger partial charge in [-0.2, -0.15) is 45.3 Å². The standard InChI is InChI=1S/C44H41ClF10N7O9PS2/c1-41(2,73(5,65)66)14-13-26-7-8-27(28-10-12-31(45)35-37(28)61(22-42(48,49)50)59-40(35)62(74(6,67)68)15-16-71-72(64,69-3)70-4)36(56-26)32(19-23-17-24(46)20-25(47)18-23)57-33(63)21-60-39-34(38(58-60)44(53,54)55)29-9-11-30(29)43(39,51)52/h7-12,17-18,20,29-30,32H,15-16,19,21-22H2,1-6H3,(H,57,63)/t29-,30+,32-/m0/s1. The number of sulfone groups is 1. The van der Waals surface area contributed by atoms with Gasteiger partial charge in [0.15, 0.2) is 21.3 Å². The fourth-order valence-electron chi connectivity index (χ4n) is 8.26. The van der Waals surface area contributed by atoms with Crippen LogP contribution < -0.4 is 9.62 Å². The molecule has 2 aromatic carbocycles. The zero-order chi connectivity index (χ0) is 54.9. The van der Waals surface area contributed by atoms with Crippen LogP contribution in [0.1, 0.15) is 59.7 Å². The van der Waals surface area contributed by atoms with Crippen molar-refractivity contribution in [1.82, 2.24) is 29.9 Å². The molecule has 1 N–H and O–H groups in total. The highest BCUT2D eigenvalue weighted by atomic mass is 35.5. The molecule has 16 nitrogen and oxygen atoms in total. The minimum absolute atomic E-state index is 0.178. The number of phosphoric acid groups is 1. The second kappa shape index (κ2) is 19.9. The van der Waals surface area contributed by atoms with Crippen LogP contribution in [0.2, 0.25) is 5.02 Å². The molecule has 2 aliphatic rings. The molecule has 3 heterocycles. The number of amides is 1. The summed E-state index contributed by atoms with van der Waals surface area (Å²) in [5.41, 5.74) is -5.87. The topological polar surface area (TPSA) is 194 Å². The molecule has 2 aliphatic carbocycles. The monoisotopic (exact) mass is 1130 g/mol. The first kappa shape index (κ1) is 56.2. The van der Waals surface area contributed by atoms with Gasteiger partial charge in [0.1, 0.15) is 40.9 Å². The van der Waals surface area contributed by atoms with E-state index in [0.29, 0.717) is 21.3 Å². The Balaban J connectivity index is 1.47. The molecule has 74 heavy (non-hydrogen) atoms. The Bertz CT molecular complexity index is 3420. The maximum Gasteiger partial charge on any atom is 0.474 e. The van der Waals surface area contributed by atoms with Crippen molar-refractivity contribution < 1.29 is 83.7 Å². The van der Waals surface area contributed by atoms with Crippen LogP contribution in [0, 0.1) is 29.4 Å². The van der Waals surface area contributed by atoms with Crippen molar-refractivity contribution in [3.05, 3.63) is 105 Å². The van der Waals surface area contributed by atoms with Crippen molar-refractivity contribution in [3.8, 4) is 23.0 Å². The third kappa shape index (κ3) is 11.3. The summed E-state index contributed by atoms with van der Waals surface area (Å²) in [6.45, 7) is -2.32. The van der Waals surface area contributed by atoms with Crippen LogP contribution >= 0.6 is 19.4 Å². The molecule has 0 saturated heterocycles. The number of hydrogen-bond donors (Lipinski definition) is 1. The largest absolute Gasteiger partial charge is 0.474 e. The van der Waals surface area contributed by atoms with E-state index >= 15 is 8.78 Å². The van der Waals surface area contributed by atoms with E-state index in [4.69, 9.17) is 25.2 Å². The summed E-state index contributed by atoms with van der Waals surface area (Å²) in [7, 11) is -10.8. The molecule has 400 valence electrons. The summed E-state index contributed by atoms with van der Waals surface area (Å²) in [5, 5.41) is 9.00. The maximum atomic E-state index is 15.8. The number of rotatable bonds is 17. The maximum absolute atomic E-state index is 15.8. The van der Waals surface area contributed by atoms with Crippen LogP contribution in [0.15, 0.2) is 54.6 Å². The number of halogens is 11. The quantitative estimate of drug-likeness (QED) is 0.0404. The predicted molar refractivity (Wildman–Crippen MR) is 247 cm³/mol. The lowest BCUT2D eigenvalue weighted by atomic mass is 9.81. The van der Waals surface area contributed by atoms with Gasteiger partial charge in [-0.25, -0.2) is 39.5 Å². The highest BCUT2D eigenvalue weighted by Gasteiger charge is 2.61. The summed E-state index contributed by atoms with van der Waals surface area (Å²) in [4.78, 5) is 18.8. The van der Waals surface area contributed by atoms with Gasteiger partial charge in [0.25, 0.3) is 5.92 Å². The normalized spacial score (nSPS) is 17.1. The first-order valence-corrected chi connectivity index (χ1v) is 27.0. The van der Waals surface area contributed by atoms with Gasteiger partial charge < -0.3 is 5.32 Å². The Labute approximate surface area is 420 Å². The van der Waals surface area contributed by atoms with Gasteiger partial charge in [-0.1, -0.05) is 35.7 Å². The number of benzene rings is 2. The second-order valence-electron chi connectivity index (χ2n) is 17.5. The SMILES string of the molecule is COP(=O)(OC)OCCN(c1nn(CC(F)(F)F)c2c(-c3ccc(C#CC(C)(C)S(C)(=O)=O)nc3[C@H](Cc3cc(F)cc(F)c3)NC(=O)Cn3nc(C(F)(F)F)c4c3C(F)(F)[C@@H]3C=C[C@H]43)ccc(Cl)c12)S(C)(=O)=O. The van der Waals surface area contributed by atoms with E-state index in [1.54, 1.807) is 0 Å². The number of sulfonamides is 1. The van der Waals surface area contributed by atoms with E-state index in [-0.39, 0.29) is 27.1 Å². The highest BCUT2D eigenvalue weighted by molar-refractivity contribution is 7.92. The lowest BCUT2D eigenvalue weighted by molar-refractivity contribution is -0.143. The number of alkyl halides is 8. The van der Waals surface area contributed by atoms with Gasteiger partial charge in [-0.3, -0.25) is 27.7 Å². The number of anilines is 1. The molecule has 5 aromatic rings. The van der Waals surface area contributed by atoms with E-state index in [1.165, 1.54) is 19.9 Å². The molecule has 7 rings (SSSR count). The van der Waals surface area contributed by atoms with E-state index in [9.17, 15) is 61.3 Å². The molecule has 0 bridgehead atoms. The lowest BCUT2D eigenvalue weighted by Gasteiger charge is -2.27. The highest BCUT2D eigenvalue weighted by Crippen LogP contribution is 2.60. The molecule has 0 spiro atoms. The van der Waals surface area contributed by atoms with Crippen molar-refractivity contribution in [2.75, 3.05) is 44.2 Å². The summed E-state index contributed by atoms with van der Waals surface area (Å²) in [6, 6.07) is 4.91. The number of allylic oxidation sites excluding steroid dienone is 2. The molecule has 3 aromatic heterocycles. The predicted octanol–water partition coefficient (Wildman–Crippen LogP) is 8.64. The Morgan fingerprint density at radius 3 is 2.14 bits per heavy atom. The minimum Gasteiger partial charge on any atom is -0.346 e. The number of pyridine rings is 1. The molecule has 0 radical (unpaired) electrons. The van der Waals surface area contributed by atoms with Gasteiger partial charge in [0.2, 0.25) is 15.9 Å². The van der Waals surface area contributed by atoms with Gasteiger partial charge in [0, 0.05) is 49.1 Å². The summed E-state index contributed by atoms with van der Waals surface area (Å²) in [6.07, 6.45) is -7.38. The second-order valence-corrected chi connectivity index (χ2v) is 24.2. The number of fused-ring (bicyclic) bond motifs is 4. The van der Waals surface area contributed by atoms with Crippen LogP contribution in [0.5, 0.6) is 0 Å². The summed E-state index contributed by atoms with van der Waals surface area (Å²) >= 11 is 6.68. The number of carbonyl (C=O) groups is 1. The summed E-state index contributed by atoms with van der Waals surface area (Å²) in [5.74, 6) is -6.26. The fourth-order valence-corrected chi connectivity index (χ4v) is 10.3. The third-order valence-corrected chi connectivity index (χ3v) is 16.8. The number of aromatic nitrogens is 5. The van der Waals surface area contributed by atoms with Crippen molar-refractivity contribution in [1.29, 1.82) is 0 Å². The average Bonchev–Trinajstić information content (AvgIpc) is 3.85. The molecule has 0 fully saturated rings. The number of carbonyl (C=O) groups excluding carboxylic acids is 1. The summed E-state index contributed by atoms with van der Waals surface area (Å²) < 4.78 is 227. The van der Waals surface area contributed by atoms with Crippen LogP contribution in [0.25, 0.3) is 22.0 Å². The van der Waals surface area contributed by atoms with Crippen LogP contribution in [-0.2, 0) is 74.4 Å². The molecule has 1 amide bonds. The van der Waals surface area contributed by atoms with Crippen LogP contribution in [0.3, 0.4) is 0 Å². The Morgan fingerprint density at radius 2 is 1.58 bits per heavy atom. The van der Waals surface area contributed by atoms with Gasteiger partial charge in [-0.15, -0.1) is 0 Å². The van der Waals surface area contributed by atoms with E-state index in [0.717, 1.165) is 63.0 Å². The third-order valence-electron chi connectivity index (χ3n) is 12.0. The smallest absolute Gasteiger partial charge is 0.346 e. The Hall–Kier alpha value is -5.56. The first-order chi connectivity index (χ1) is 34.1. The van der Waals surface area contributed by atoms with E-state index in [2.05, 4.69) is 32.3 Å². The molecular weight excluding hydrogens is 1090 g/mol. The molecule has 0 unspecified atom stereocenters. The first-order valence-electron chi connectivity index (χ1n) is 21.4. The average molecular weight is 1130 g/mol. The van der Waals surface area contributed by atoms with Crippen LogP contribution in [-0.4, -0.2) is 98.1 Å². The van der Waals surface area contributed by atoms with Crippen molar-refractivity contribution in [2.45, 2.75) is 68.3 Å². The fraction of sp³-hybridized carbons (Fsp3) is 0.409. The molecule has 0 aliphatic heterocycles. The molecule has 30 heteroatoms. The van der Waals surface area contributed by atoms with Crippen molar-refractivity contribution >= 4 is 61.9 Å².